The number of aromatic amines is 2. The van der Waals surface area contributed by atoms with Crippen molar-refractivity contribution < 1.29 is 19.1 Å². The Hall–Kier alpha value is -3.98. The highest BCUT2D eigenvalue weighted by atomic mass is 16.5. The molecule has 0 unspecified atom stereocenters. The number of hydrogen-bond acceptors (Lipinski definition) is 5. The van der Waals surface area contributed by atoms with E-state index in [1.54, 1.807) is 14.2 Å². The molecule has 0 bridgehead atoms. The summed E-state index contributed by atoms with van der Waals surface area (Å²) in [6, 6.07) is 11.6. The standard InChI is InChI=1S/C28H35N5O4/c1-17-21(23-13-19(36-3)5-7-25(23)32-17)15-27(34)30-11-9-29-10-12-31-28(35)16-22-18(2)33-26-8-6-20(37-4)14-24(22)26/h5-8,13-14,29,32-33H,9-12,15-16H2,1-4H3,(H,30,34)(H,31,35). The van der Waals surface area contributed by atoms with Crippen LogP contribution in [0.4, 0.5) is 0 Å². The van der Waals surface area contributed by atoms with Crippen molar-refractivity contribution in [1.29, 1.82) is 0 Å². The Kier molecular flexibility index (Phi) is 8.35. The molecule has 196 valence electrons. The van der Waals surface area contributed by atoms with Gasteiger partial charge in [0.2, 0.25) is 11.8 Å². The number of aromatic nitrogens is 2. The minimum absolute atomic E-state index is 0.0346. The number of benzene rings is 2. The van der Waals surface area contributed by atoms with Crippen molar-refractivity contribution in [2.45, 2.75) is 26.7 Å². The molecule has 0 saturated heterocycles. The molecule has 37 heavy (non-hydrogen) atoms. The predicted octanol–water partition coefficient (Wildman–Crippen LogP) is 2.89. The summed E-state index contributed by atoms with van der Waals surface area (Å²) in [5.41, 5.74) is 5.90. The van der Waals surface area contributed by atoms with E-state index >= 15 is 0 Å². The highest BCUT2D eigenvalue weighted by Crippen LogP contribution is 2.27. The van der Waals surface area contributed by atoms with Gasteiger partial charge in [-0.05, 0) is 61.4 Å². The SMILES string of the molecule is COc1ccc2[nH]c(C)c(CC(=O)NCCNCCNC(=O)Cc3c(C)[nH]c4ccc(OC)cc34)c2c1. The van der Waals surface area contributed by atoms with Crippen molar-refractivity contribution in [3.63, 3.8) is 0 Å². The van der Waals surface area contributed by atoms with Crippen LogP contribution in [0.3, 0.4) is 0 Å². The van der Waals surface area contributed by atoms with Crippen LogP contribution in [0.2, 0.25) is 0 Å². The number of fused-ring (bicyclic) bond motifs is 2. The number of carbonyl (C=O) groups is 2. The van der Waals surface area contributed by atoms with E-state index in [-0.39, 0.29) is 11.8 Å². The van der Waals surface area contributed by atoms with Gasteiger partial charge in [-0.15, -0.1) is 0 Å². The number of rotatable bonds is 12. The number of amides is 2. The van der Waals surface area contributed by atoms with Gasteiger partial charge < -0.3 is 35.4 Å². The van der Waals surface area contributed by atoms with Crippen LogP contribution in [0.5, 0.6) is 11.5 Å². The molecule has 0 spiro atoms. The maximum atomic E-state index is 12.5. The third-order valence-corrected chi connectivity index (χ3v) is 6.58. The van der Waals surface area contributed by atoms with Gasteiger partial charge in [-0.3, -0.25) is 9.59 Å². The van der Waals surface area contributed by atoms with Crippen molar-refractivity contribution in [3.05, 3.63) is 58.9 Å². The number of ether oxygens (including phenoxy) is 2. The van der Waals surface area contributed by atoms with Crippen molar-refractivity contribution in [3.8, 4) is 11.5 Å². The largest absolute Gasteiger partial charge is 0.497 e. The molecule has 0 radical (unpaired) electrons. The van der Waals surface area contributed by atoms with Crippen molar-refractivity contribution in [2.24, 2.45) is 0 Å². The van der Waals surface area contributed by atoms with Gasteiger partial charge in [-0.25, -0.2) is 0 Å². The lowest BCUT2D eigenvalue weighted by Gasteiger charge is -2.09. The van der Waals surface area contributed by atoms with E-state index in [1.165, 1.54) is 0 Å². The Labute approximate surface area is 216 Å². The topological polar surface area (TPSA) is 120 Å². The Bertz CT molecular complexity index is 1300. The van der Waals surface area contributed by atoms with Crippen molar-refractivity contribution in [1.82, 2.24) is 25.9 Å². The smallest absolute Gasteiger partial charge is 0.224 e. The van der Waals surface area contributed by atoms with Crippen LogP contribution >= 0.6 is 0 Å². The van der Waals surface area contributed by atoms with E-state index in [9.17, 15) is 9.59 Å². The first-order valence-corrected chi connectivity index (χ1v) is 12.4. The normalized spacial score (nSPS) is 11.1. The van der Waals surface area contributed by atoms with Crippen LogP contribution in [0.25, 0.3) is 21.8 Å². The van der Waals surface area contributed by atoms with Crippen LogP contribution < -0.4 is 25.4 Å². The molecule has 0 aliphatic heterocycles. The van der Waals surface area contributed by atoms with E-state index in [2.05, 4.69) is 25.9 Å². The molecule has 0 atom stereocenters. The average Bonchev–Trinajstić information content (AvgIpc) is 3.37. The molecule has 4 aromatic rings. The molecule has 2 aromatic carbocycles. The third-order valence-electron chi connectivity index (χ3n) is 6.58. The maximum absolute atomic E-state index is 12.5. The summed E-state index contributed by atoms with van der Waals surface area (Å²) in [7, 11) is 3.27. The molecule has 0 aliphatic carbocycles. The fourth-order valence-corrected chi connectivity index (χ4v) is 4.58. The van der Waals surface area contributed by atoms with Gasteiger partial charge in [0.1, 0.15) is 11.5 Å². The Balaban J connectivity index is 1.16. The molecule has 9 heteroatoms. The Morgan fingerprint density at radius 2 is 1.14 bits per heavy atom. The number of methoxy groups -OCH3 is 2. The molecule has 0 saturated carbocycles. The molecule has 2 heterocycles. The summed E-state index contributed by atoms with van der Waals surface area (Å²) in [5.74, 6) is 1.46. The molecule has 0 fully saturated rings. The fourth-order valence-electron chi connectivity index (χ4n) is 4.58. The van der Waals surface area contributed by atoms with Crippen LogP contribution in [0.15, 0.2) is 36.4 Å². The average molecular weight is 506 g/mol. The van der Waals surface area contributed by atoms with Crippen LogP contribution in [-0.2, 0) is 22.4 Å². The summed E-state index contributed by atoms with van der Waals surface area (Å²) in [6.45, 7) is 6.19. The second-order valence-electron chi connectivity index (χ2n) is 9.08. The van der Waals surface area contributed by atoms with Gasteiger partial charge in [0.15, 0.2) is 0 Å². The van der Waals surface area contributed by atoms with Gasteiger partial charge in [-0.2, -0.15) is 0 Å². The molecule has 5 N–H and O–H groups in total. The first-order chi connectivity index (χ1) is 17.9. The molecule has 4 rings (SSSR count). The molecule has 0 aliphatic rings. The van der Waals surface area contributed by atoms with Gasteiger partial charge in [0, 0.05) is 59.4 Å². The zero-order valence-corrected chi connectivity index (χ0v) is 21.8. The summed E-state index contributed by atoms with van der Waals surface area (Å²) >= 11 is 0. The summed E-state index contributed by atoms with van der Waals surface area (Å²) in [5, 5.41) is 11.2. The lowest BCUT2D eigenvalue weighted by Crippen LogP contribution is -2.37. The lowest BCUT2D eigenvalue weighted by atomic mass is 10.1. The summed E-state index contributed by atoms with van der Waals surface area (Å²) < 4.78 is 10.6. The quantitative estimate of drug-likeness (QED) is 0.190. The van der Waals surface area contributed by atoms with Crippen molar-refractivity contribution >= 4 is 33.6 Å². The fraction of sp³-hybridized carbons (Fsp3) is 0.357. The number of nitrogens with one attached hydrogen (secondary N) is 5. The van der Waals surface area contributed by atoms with E-state index in [4.69, 9.17) is 9.47 Å². The molecule has 2 amide bonds. The van der Waals surface area contributed by atoms with Crippen LogP contribution in [-0.4, -0.2) is 62.2 Å². The van der Waals surface area contributed by atoms with E-state index in [0.29, 0.717) is 39.0 Å². The third kappa shape index (κ3) is 6.24. The summed E-state index contributed by atoms with van der Waals surface area (Å²) in [6.07, 6.45) is 0.600. The maximum Gasteiger partial charge on any atom is 0.224 e. The van der Waals surface area contributed by atoms with Crippen LogP contribution in [0, 0.1) is 13.8 Å². The number of hydrogen-bond donors (Lipinski definition) is 5. The minimum Gasteiger partial charge on any atom is -0.497 e. The summed E-state index contributed by atoms with van der Waals surface area (Å²) in [4.78, 5) is 31.6. The Morgan fingerprint density at radius 1 is 0.703 bits per heavy atom. The Morgan fingerprint density at radius 3 is 1.54 bits per heavy atom. The zero-order chi connectivity index (χ0) is 26.4. The number of carbonyl (C=O) groups excluding carboxylic acids is 2. The van der Waals surface area contributed by atoms with Gasteiger partial charge in [0.05, 0.1) is 27.1 Å². The van der Waals surface area contributed by atoms with Crippen LogP contribution in [0.1, 0.15) is 22.5 Å². The minimum atomic E-state index is -0.0346. The van der Waals surface area contributed by atoms with Gasteiger partial charge >= 0.3 is 0 Å². The van der Waals surface area contributed by atoms with E-state index in [0.717, 1.165) is 55.8 Å². The zero-order valence-electron chi connectivity index (χ0n) is 21.8. The monoisotopic (exact) mass is 505 g/mol. The molecule has 2 aromatic heterocycles. The first kappa shape index (κ1) is 26.1. The van der Waals surface area contributed by atoms with Gasteiger partial charge in [0.25, 0.3) is 0 Å². The molecule has 9 nitrogen and oxygen atoms in total. The second kappa shape index (κ2) is 11.8. The first-order valence-electron chi connectivity index (χ1n) is 12.4. The molecular formula is C28H35N5O4. The molecular weight excluding hydrogens is 470 g/mol. The highest BCUT2D eigenvalue weighted by molar-refractivity contribution is 5.92. The van der Waals surface area contributed by atoms with E-state index < -0.39 is 0 Å². The highest BCUT2D eigenvalue weighted by Gasteiger charge is 2.14. The number of aryl methyl sites for hydroxylation is 2. The second-order valence-corrected chi connectivity index (χ2v) is 9.08. The van der Waals surface area contributed by atoms with Crippen molar-refractivity contribution in [2.75, 3.05) is 40.4 Å². The lowest BCUT2D eigenvalue weighted by molar-refractivity contribution is -0.121. The van der Waals surface area contributed by atoms with Gasteiger partial charge in [-0.1, -0.05) is 0 Å². The number of H-pyrrole nitrogens is 2. The van der Waals surface area contributed by atoms with E-state index in [1.807, 2.05) is 50.2 Å². The predicted molar refractivity (Wildman–Crippen MR) is 145 cm³/mol.